The van der Waals surface area contributed by atoms with Crippen molar-refractivity contribution < 1.29 is 4.79 Å². The zero-order valence-electron chi connectivity index (χ0n) is 16.5. The first-order valence-electron chi connectivity index (χ1n) is 9.91. The third kappa shape index (κ3) is 3.69. The number of hydrogen-bond acceptors (Lipinski definition) is 4. The molecule has 2 aromatic heterocycles. The highest BCUT2D eigenvalue weighted by atomic mass is 16.2. The topological polar surface area (TPSA) is 92.7 Å². The number of carbonyl (C=O) groups excluding carboxylic acids is 1. The first-order chi connectivity index (χ1) is 15.2. The number of imidazole rings is 1. The van der Waals surface area contributed by atoms with E-state index in [0.717, 1.165) is 22.2 Å². The van der Waals surface area contributed by atoms with Crippen LogP contribution in [0.4, 0.5) is 0 Å². The molecule has 1 atom stereocenters. The standard InChI is InChI=1S/C24H19N5O2/c30-22(14-29-21-9-5-4-8-19(21)25-13-23(29)31)28-24(16-6-2-1-3-7-16)17-10-11-18-20(12-17)27-15-26-18/h1-13,15,24H,14H2,(H,26,27)(H,28,30)/t24-/m1/s1. The summed E-state index contributed by atoms with van der Waals surface area (Å²) < 4.78 is 1.44. The third-order valence-corrected chi connectivity index (χ3v) is 5.27. The molecule has 1 amide bonds. The van der Waals surface area contributed by atoms with E-state index in [0.29, 0.717) is 11.0 Å². The summed E-state index contributed by atoms with van der Waals surface area (Å²) in [5.41, 5.74) is 4.59. The van der Waals surface area contributed by atoms with Gasteiger partial charge >= 0.3 is 0 Å². The number of nitrogens with zero attached hydrogens (tertiary/aromatic N) is 3. The maximum Gasteiger partial charge on any atom is 0.269 e. The SMILES string of the molecule is O=C(Cn1c(=O)cnc2ccccc21)N[C@H](c1ccccc1)c1ccc2nc[nH]c2c1. The molecule has 0 aliphatic heterocycles. The van der Waals surface area contributed by atoms with Crippen molar-refractivity contribution in [3.8, 4) is 0 Å². The molecule has 2 heterocycles. The molecule has 0 unspecified atom stereocenters. The van der Waals surface area contributed by atoms with Gasteiger partial charge in [-0.3, -0.25) is 14.2 Å². The Morgan fingerprint density at radius 1 is 0.935 bits per heavy atom. The lowest BCUT2D eigenvalue weighted by atomic mass is 9.98. The van der Waals surface area contributed by atoms with Crippen LogP contribution in [0.25, 0.3) is 22.1 Å². The summed E-state index contributed by atoms with van der Waals surface area (Å²) in [5.74, 6) is -0.267. The maximum atomic E-state index is 13.1. The van der Waals surface area contributed by atoms with Crippen LogP contribution in [0.5, 0.6) is 0 Å². The molecule has 31 heavy (non-hydrogen) atoms. The van der Waals surface area contributed by atoms with E-state index in [-0.39, 0.29) is 24.1 Å². The fourth-order valence-electron chi connectivity index (χ4n) is 3.77. The van der Waals surface area contributed by atoms with Crippen molar-refractivity contribution >= 4 is 28.0 Å². The predicted octanol–water partition coefficient (Wildman–Crippen LogP) is 3.18. The summed E-state index contributed by atoms with van der Waals surface area (Å²) >= 11 is 0. The Hall–Kier alpha value is -4.26. The van der Waals surface area contributed by atoms with Gasteiger partial charge in [0.15, 0.2) is 0 Å². The van der Waals surface area contributed by atoms with Crippen LogP contribution >= 0.6 is 0 Å². The Kier molecular flexibility index (Phi) is 4.76. The van der Waals surface area contributed by atoms with Crippen LogP contribution < -0.4 is 10.9 Å². The van der Waals surface area contributed by atoms with Gasteiger partial charge in [0, 0.05) is 0 Å². The van der Waals surface area contributed by atoms with Crippen LogP contribution in [0.1, 0.15) is 17.2 Å². The van der Waals surface area contributed by atoms with Gasteiger partial charge in [0.05, 0.1) is 40.6 Å². The number of rotatable bonds is 5. The molecule has 0 fully saturated rings. The van der Waals surface area contributed by atoms with Gasteiger partial charge in [-0.2, -0.15) is 0 Å². The lowest BCUT2D eigenvalue weighted by Gasteiger charge is -2.20. The van der Waals surface area contributed by atoms with E-state index in [1.807, 2.05) is 66.7 Å². The molecule has 0 aliphatic rings. The number of para-hydroxylation sites is 2. The normalized spacial score (nSPS) is 12.1. The van der Waals surface area contributed by atoms with Gasteiger partial charge in [0.25, 0.3) is 5.56 Å². The van der Waals surface area contributed by atoms with Gasteiger partial charge in [-0.25, -0.2) is 9.97 Å². The zero-order valence-corrected chi connectivity index (χ0v) is 16.5. The fraction of sp³-hybridized carbons (Fsp3) is 0.0833. The summed E-state index contributed by atoms with van der Waals surface area (Å²) in [6.45, 7) is -0.0997. The van der Waals surface area contributed by atoms with Crippen LogP contribution in [0.2, 0.25) is 0 Å². The molecular formula is C24H19N5O2. The first-order valence-corrected chi connectivity index (χ1v) is 9.91. The number of nitrogens with one attached hydrogen (secondary N) is 2. The number of aromatic amines is 1. The number of amides is 1. The molecule has 0 aliphatic carbocycles. The van der Waals surface area contributed by atoms with Gasteiger partial charge in [-0.15, -0.1) is 0 Å². The van der Waals surface area contributed by atoms with E-state index < -0.39 is 0 Å². The Balaban J connectivity index is 1.49. The molecule has 0 saturated heterocycles. The van der Waals surface area contributed by atoms with Gasteiger partial charge in [-0.05, 0) is 35.4 Å². The van der Waals surface area contributed by atoms with Gasteiger partial charge in [-0.1, -0.05) is 48.5 Å². The first kappa shape index (κ1) is 18.7. The van der Waals surface area contributed by atoms with Crippen molar-refractivity contribution in [3.63, 3.8) is 0 Å². The van der Waals surface area contributed by atoms with Crippen molar-refractivity contribution in [2.24, 2.45) is 0 Å². The average Bonchev–Trinajstić information content (AvgIpc) is 3.28. The highest BCUT2D eigenvalue weighted by molar-refractivity contribution is 5.81. The number of benzene rings is 3. The van der Waals surface area contributed by atoms with Crippen molar-refractivity contribution in [1.29, 1.82) is 0 Å². The summed E-state index contributed by atoms with van der Waals surface area (Å²) in [5, 5.41) is 3.09. The van der Waals surface area contributed by atoms with Crippen molar-refractivity contribution in [3.05, 3.63) is 107 Å². The molecule has 3 aromatic carbocycles. The zero-order chi connectivity index (χ0) is 21.2. The van der Waals surface area contributed by atoms with Crippen LogP contribution in [-0.2, 0) is 11.3 Å². The van der Waals surface area contributed by atoms with E-state index in [1.165, 1.54) is 10.8 Å². The van der Waals surface area contributed by atoms with Crippen LogP contribution in [0, 0.1) is 0 Å². The second kappa shape index (κ2) is 7.87. The molecular weight excluding hydrogens is 390 g/mol. The minimum Gasteiger partial charge on any atom is -0.345 e. The maximum absolute atomic E-state index is 13.1. The van der Waals surface area contributed by atoms with Gasteiger partial charge in [0.1, 0.15) is 6.54 Å². The quantitative estimate of drug-likeness (QED) is 0.466. The van der Waals surface area contributed by atoms with Crippen LogP contribution in [-0.4, -0.2) is 25.4 Å². The Morgan fingerprint density at radius 2 is 1.74 bits per heavy atom. The smallest absolute Gasteiger partial charge is 0.269 e. The largest absolute Gasteiger partial charge is 0.345 e. The van der Waals surface area contributed by atoms with Crippen LogP contribution in [0.15, 0.2) is 90.1 Å². The van der Waals surface area contributed by atoms with E-state index in [9.17, 15) is 9.59 Å². The molecule has 2 N–H and O–H groups in total. The second-order valence-electron chi connectivity index (χ2n) is 7.26. The van der Waals surface area contributed by atoms with Gasteiger partial charge < -0.3 is 10.3 Å². The highest BCUT2D eigenvalue weighted by Crippen LogP contribution is 2.24. The predicted molar refractivity (Wildman–Crippen MR) is 119 cm³/mol. The summed E-state index contributed by atoms with van der Waals surface area (Å²) in [6, 6.07) is 22.5. The van der Waals surface area contributed by atoms with Crippen LogP contribution in [0.3, 0.4) is 0 Å². The van der Waals surface area contributed by atoms with E-state index >= 15 is 0 Å². The number of fused-ring (bicyclic) bond motifs is 2. The minimum atomic E-state index is -0.370. The Morgan fingerprint density at radius 3 is 2.61 bits per heavy atom. The minimum absolute atomic E-state index is 0.0997. The van der Waals surface area contributed by atoms with Gasteiger partial charge in [0.2, 0.25) is 5.91 Å². The molecule has 152 valence electrons. The average molecular weight is 409 g/mol. The fourth-order valence-corrected chi connectivity index (χ4v) is 3.77. The lowest BCUT2D eigenvalue weighted by Crippen LogP contribution is -2.35. The number of hydrogen-bond donors (Lipinski definition) is 2. The molecule has 5 aromatic rings. The monoisotopic (exact) mass is 409 g/mol. The number of carbonyl (C=O) groups is 1. The Bertz CT molecular complexity index is 1440. The summed E-state index contributed by atoms with van der Waals surface area (Å²) in [4.78, 5) is 37.0. The van der Waals surface area contributed by atoms with E-state index in [2.05, 4.69) is 20.3 Å². The molecule has 0 saturated carbocycles. The summed E-state index contributed by atoms with van der Waals surface area (Å²) in [7, 11) is 0. The second-order valence-corrected chi connectivity index (χ2v) is 7.26. The van der Waals surface area contributed by atoms with Crippen molar-refractivity contribution in [1.82, 2.24) is 24.8 Å². The molecule has 5 rings (SSSR count). The Labute approximate surface area is 177 Å². The summed E-state index contributed by atoms with van der Waals surface area (Å²) in [6.07, 6.45) is 2.89. The molecule has 7 heteroatoms. The number of aromatic nitrogens is 4. The molecule has 0 bridgehead atoms. The number of H-pyrrole nitrogens is 1. The third-order valence-electron chi connectivity index (χ3n) is 5.27. The molecule has 0 radical (unpaired) electrons. The van der Waals surface area contributed by atoms with Crippen molar-refractivity contribution in [2.45, 2.75) is 12.6 Å². The highest BCUT2D eigenvalue weighted by Gasteiger charge is 2.19. The molecule has 0 spiro atoms. The van der Waals surface area contributed by atoms with E-state index in [1.54, 1.807) is 12.4 Å². The lowest BCUT2D eigenvalue weighted by molar-refractivity contribution is -0.122. The van der Waals surface area contributed by atoms with Crippen molar-refractivity contribution in [2.75, 3.05) is 0 Å². The molecule has 7 nitrogen and oxygen atoms in total. The van der Waals surface area contributed by atoms with E-state index in [4.69, 9.17) is 0 Å².